The van der Waals surface area contributed by atoms with E-state index in [1.54, 1.807) is 5.43 Å². The monoisotopic (exact) mass is 241 g/mol. The number of carboxylic acids is 1. The number of carbonyl (C=O) groups is 2. The first-order chi connectivity index (χ1) is 6.72. The number of hydrazine groups is 1. The minimum absolute atomic E-state index is 0.121. The Morgan fingerprint density at radius 3 is 2.33 bits per heavy atom. The summed E-state index contributed by atoms with van der Waals surface area (Å²) in [6.07, 6.45) is -0.371. The van der Waals surface area contributed by atoms with Crippen molar-refractivity contribution < 1.29 is 29.0 Å². The molecule has 9 nitrogen and oxygen atoms in total. The van der Waals surface area contributed by atoms with Gasteiger partial charge in [0, 0.05) is 6.42 Å². The molecule has 0 fully saturated rings. The van der Waals surface area contributed by atoms with E-state index in [2.05, 4.69) is 0 Å². The van der Waals surface area contributed by atoms with Crippen LogP contribution in [0, 0.1) is 0 Å². The fourth-order valence-electron chi connectivity index (χ4n) is 0.608. The van der Waals surface area contributed by atoms with E-state index in [-0.39, 0.29) is 12.8 Å². The van der Waals surface area contributed by atoms with Crippen molar-refractivity contribution in [3.05, 3.63) is 0 Å². The second-order valence-corrected chi connectivity index (χ2v) is 4.00. The molecule has 0 aromatic carbocycles. The van der Waals surface area contributed by atoms with Gasteiger partial charge < -0.3 is 20.6 Å². The molecule has 1 amide bonds. The van der Waals surface area contributed by atoms with Crippen LogP contribution < -0.4 is 16.4 Å². The molecule has 0 saturated heterocycles. The molecule has 0 spiro atoms. The highest BCUT2D eigenvalue weighted by atomic mass is 31.2. The molecule has 15 heavy (non-hydrogen) atoms. The molecule has 1 atom stereocenters. The minimum Gasteiger partial charge on any atom is -0.480 e. The normalized spacial score (nSPS) is 13.3. The molecule has 0 aromatic heterocycles. The summed E-state index contributed by atoms with van der Waals surface area (Å²) in [5, 5.41) is 9.81. The van der Waals surface area contributed by atoms with Gasteiger partial charge in [0.2, 0.25) is 5.91 Å². The van der Waals surface area contributed by atoms with Gasteiger partial charge in [-0.2, -0.15) is 0 Å². The van der Waals surface area contributed by atoms with Crippen molar-refractivity contribution in [2.45, 2.75) is 18.9 Å². The highest BCUT2D eigenvalue weighted by Crippen LogP contribution is 2.26. The van der Waals surface area contributed by atoms with Crippen LogP contribution >= 0.6 is 7.75 Å². The van der Waals surface area contributed by atoms with Gasteiger partial charge in [-0.25, -0.2) is 4.57 Å². The summed E-state index contributed by atoms with van der Waals surface area (Å²) < 4.78 is 10.2. The quantitative estimate of drug-likeness (QED) is 0.227. The summed E-state index contributed by atoms with van der Waals surface area (Å²) >= 11 is 0. The lowest BCUT2D eigenvalue weighted by Gasteiger charge is -2.09. The summed E-state index contributed by atoms with van der Waals surface area (Å²) in [4.78, 5) is 37.7. The van der Waals surface area contributed by atoms with Gasteiger partial charge in [-0.1, -0.05) is 0 Å². The summed E-state index contributed by atoms with van der Waals surface area (Å²) in [5.74, 6) is -2.00. The Hall–Kier alpha value is -0.990. The van der Waals surface area contributed by atoms with E-state index in [0.29, 0.717) is 0 Å². The van der Waals surface area contributed by atoms with Crippen molar-refractivity contribution in [3.8, 4) is 0 Å². The molecular formula is C5H12N3O6P. The maximum absolute atomic E-state index is 10.9. The third-order valence-corrected chi connectivity index (χ3v) is 1.74. The Bertz CT molecular complexity index is 288. The van der Waals surface area contributed by atoms with Crippen LogP contribution in [0.5, 0.6) is 0 Å². The maximum atomic E-state index is 10.9. The molecule has 0 aliphatic heterocycles. The number of aliphatic carboxylic acids is 1. The second-order valence-electron chi connectivity index (χ2n) is 2.69. The van der Waals surface area contributed by atoms with Crippen molar-refractivity contribution in [2.75, 3.05) is 0 Å². The topological polar surface area (TPSA) is 162 Å². The van der Waals surface area contributed by atoms with Crippen molar-refractivity contribution in [3.63, 3.8) is 0 Å². The summed E-state index contributed by atoms with van der Waals surface area (Å²) in [7, 11) is -4.52. The summed E-state index contributed by atoms with van der Waals surface area (Å²) in [6, 6.07) is -1.18. The number of rotatable bonds is 6. The lowest BCUT2D eigenvalue weighted by molar-refractivity contribution is -0.138. The Balaban J connectivity index is 3.77. The summed E-state index contributed by atoms with van der Waals surface area (Å²) in [6.45, 7) is 0. The zero-order chi connectivity index (χ0) is 12.1. The number of carbonyl (C=O) groups excluding carboxylic acids is 1. The molecule has 0 aromatic rings. The number of nitrogens with two attached hydrogens (primary N) is 1. The smallest absolute Gasteiger partial charge is 0.418 e. The molecule has 0 heterocycles. The van der Waals surface area contributed by atoms with Gasteiger partial charge in [-0.05, 0) is 6.42 Å². The van der Waals surface area contributed by atoms with E-state index >= 15 is 0 Å². The van der Waals surface area contributed by atoms with Crippen molar-refractivity contribution in [2.24, 2.45) is 5.73 Å². The highest BCUT2D eigenvalue weighted by molar-refractivity contribution is 7.49. The zero-order valence-electron chi connectivity index (χ0n) is 7.58. The molecule has 0 bridgehead atoms. The lowest BCUT2D eigenvalue weighted by atomic mass is 10.2. The van der Waals surface area contributed by atoms with Crippen LogP contribution in [-0.4, -0.2) is 32.8 Å². The second kappa shape index (κ2) is 5.79. The van der Waals surface area contributed by atoms with Crippen LogP contribution in [-0.2, 0) is 14.2 Å². The van der Waals surface area contributed by atoms with Gasteiger partial charge in [0.25, 0.3) is 0 Å². The average molecular weight is 241 g/mol. The number of hydrogen-bond donors (Lipinski definition) is 6. The maximum Gasteiger partial charge on any atom is 0.418 e. The van der Waals surface area contributed by atoms with Gasteiger partial charge >= 0.3 is 13.7 Å². The molecule has 0 saturated carbocycles. The van der Waals surface area contributed by atoms with E-state index in [1.807, 2.05) is 0 Å². The number of carboxylic acid groups (broad SMARTS) is 1. The SMILES string of the molecule is NC(CCC(=O)NNP(=O)(O)O)C(=O)O. The van der Waals surface area contributed by atoms with Crippen LogP contribution in [0.2, 0.25) is 0 Å². The van der Waals surface area contributed by atoms with Crippen molar-refractivity contribution >= 4 is 19.6 Å². The lowest BCUT2D eigenvalue weighted by Crippen LogP contribution is -2.37. The molecular weight excluding hydrogens is 229 g/mol. The summed E-state index contributed by atoms with van der Waals surface area (Å²) in [5.41, 5.74) is 6.81. The molecule has 1 unspecified atom stereocenters. The Labute approximate surface area is 84.8 Å². The van der Waals surface area contributed by atoms with Crippen LogP contribution in [0.15, 0.2) is 0 Å². The van der Waals surface area contributed by atoms with Crippen LogP contribution in [0.3, 0.4) is 0 Å². The highest BCUT2D eigenvalue weighted by Gasteiger charge is 2.16. The first-order valence-electron chi connectivity index (χ1n) is 3.82. The van der Waals surface area contributed by atoms with Gasteiger partial charge in [-0.3, -0.25) is 15.0 Å². The first kappa shape index (κ1) is 14.0. The Kier molecular flexibility index (Phi) is 5.40. The van der Waals surface area contributed by atoms with Crippen LogP contribution in [0.1, 0.15) is 12.8 Å². The number of amides is 1. The average Bonchev–Trinajstić information content (AvgIpc) is 2.09. The molecule has 88 valence electrons. The molecule has 0 radical (unpaired) electrons. The fourth-order valence-corrected chi connectivity index (χ4v) is 0.878. The predicted octanol–water partition coefficient (Wildman–Crippen LogP) is -2.11. The van der Waals surface area contributed by atoms with Crippen LogP contribution in [0.25, 0.3) is 0 Å². The molecule has 10 heteroatoms. The molecule has 0 rings (SSSR count). The van der Waals surface area contributed by atoms with Gasteiger partial charge in [0.15, 0.2) is 0 Å². The third-order valence-electron chi connectivity index (χ3n) is 1.34. The predicted molar refractivity (Wildman–Crippen MR) is 48.2 cm³/mol. The van der Waals surface area contributed by atoms with Crippen molar-refractivity contribution in [1.82, 2.24) is 10.6 Å². The Morgan fingerprint density at radius 1 is 1.40 bits per heavy atom. The van der Waals surface area contributed by atoms with Gasteiger partial charge in [0.05, 0.1) is 0 Å². The standard InChI is InChI=1S/C5H12N3O6P/c6-3(5(10)11)1-2-4(9)7-8-15(12,13)14/h3H,1-2,6H2,(H,7,9)(H,10,11)(H3,8,12,13,14). The Morgan fingerprint density at radius 2 is 1.93 bits per heavy atom. The van der Waals surface area contributed by atoms with Gasteiger partial charge in [-0.15, -0.1) is 5.20 Å². The van der Waals surface area contributed by atoms with E-state index in [4.69, 9.17) is 20.6 Å². The van der Waals surface area contributed by atoms with Crippen LogP contribution in [0.4, 0.5) is 0 Å². The van der Waals surface area contributed by atoms with E-state index in [0.717, 1.165) is 0 Å². The molecule has 7 N–H and O–H groups in total. The first-order valence-corrected chi connectivity index (χ1v) is 5.43. The largest absolute Gasteiger partial charge is 0.480 e. The third kappa shape index (κ3) is 8.03. The molecule has 0 aliphatic carbocycles. The zero-order valence-corrected chi connectivity index (χ0v) is 8.48. The number of nitrogens with one attached hydrogen (secondary N) is 2. The molecule has 0 aliphatic rings. The van der Waals surface area contributed by atoms with Crippen molar-refractivity contribution in [1.29, 1.82) is 0 Å². The number of hydrogen-bond acceptors (Lipinski definition) is 4. The van der Waals surface area contributed by atoms with Gasteiger partial charge in [0.1, 0.15) is 6.04 Å². The fraction of sp³-hybridized carbons (Fsp3) is 0.600. The van der Waals surface area contributed by atoms with E-state index in [9.17, 15) is 14.2 Å². The van der Waals surface area contributed by atoms with E-state index < -0.39 is 25.7 Å². The van der Waals surface area contributed by atoms with E-state index in [1.165, 1.54) is 5.20 Å². The minimum atomic E-state index is -4.52.